The van der Waals surface area contributed by atoms with Crippen LogP contribution < -0.4 is 4.73 Å². The van der Waals surface area contributed by atoms with Crippen molar-refractivity contribution in [1.29, 1.82) is 0 Å². The SMILES string of the molecule is O=CCc1cccc(-c2cc[n+]([O-])cc2)c1. The van der Waals surface area contributed by atoms with Gasteiger partial charge in [0.15, 0.2) is 12.4 Å². The molecule has 2 aromatic rings. The van der Waals surface area contributed by atoms with Crippen molar-refractivity contribution >= 4 is 6.29 Å². The Labute approximate surface area is 93.6 Å². The van der Waals surface area contributed by atoms with E-state index >= 15 is 0 Å². The highest BCUT2D eigenvalue weighted by atomic mass is 16.5. The Bertz CT molecular complexity index is 492. The Kier molecular flexibility index (Phi) is 2.96. The molecule has 1 aromatic heterocycles. The van der Waals surface area contributed by atoms with E-state index in [2.05, 4.69) is 0 Å². The number of aromatic nitrogens is 1. The first-order chi connectivity index (χ1) is 7.79. The van der Waals surface area contributed by atoms with E-state index in [1.165, 1.54) is 12.4 Å². The maximum atomic E-state index is 10.9. The minimum atomic E-state index is 0.419. The van der Waals surface area contributed by atoms with E-state index in [0.29, 0.717) is 6.42 Å². The van der Waals surface area contributed by atoms with Crippen molar-refractivity contribution in [2.75, 3.05) is 0 Å². The van der Waals surface area contributed by atoms with Crippen LogP contribution in [0.15, 0.2) is 48.8 Å². The van der Waals surface area contributed by atoms with E-state index in [1.54, 1.807) is 12.1 Å². The lowest BCUT2D eigenvalue weighted by Crippen LogP contribution is -2.23. The Morgan fingerprint density at radius 3 is 2.56 bits per heavy atom. The lowest BCUT2D eigenvalue weighted by atomic mass is 10.0. The number of hydrogen-bond acceptors (Lipinski definition) is 2. The first-order valence-electron chi connectivity index (χ1n) is 5.01. The van der Waals surface area contributed by atoms with Crippen LogP contribution in [-0.2, 0) is 11.2 Å². The van der Waals surface area contributed by atoms with E-state index in [0.717, 1.165) is 27.7 Å². The Morgan fingerprint density at radius 2 is 1.88 bits per heavy atom. The van der Waals surface area contributed by atoms with E-state index in [9.17, 15) is 10.0 Å². The first kappa shape index (κ1) is 10.4. The van der Waals surface area contributed by atoms with E-state index in [4.69, 9.17) is 0 Å². The molecule has 0 aliphatic rings. The number of hydrogen-bond donors (Lipinski definition) is 0. The molecule has 3 nitrogen and oxygen atoms in total. The largest absolute Gasteiger partial charge is 0.619 e. The van der Waals surface area contributed by atoms with Crippen LogP contribution in [0.4, 0.5) is 0 Å². The van der Waals surface area contributed by atoms with Gasteiger partial charge in [0.05, 0.1) is 0 Å². The summed E-state index contributed by atoms with van der Waals surface area (Å²) in [4.78, 5) is 10.4. The highest BCUT2D eigenvalue weighted by molar-refractivity contribution is 5.65. The molecule has 0 fully saturated rings. The molecule has 0 unspecified atom stereocenters. The molecule has 0 bridgehead atoms. The van der Waals surface area contributed by atoms with Crippen LogP contribution >= 0.6 is 0 Å². The third kappa shape index (κ3) is 2.25. The number of carbonyl (C=O) groups excluding carboxylic acids is 1. The molecular weight excluding hydrogens is 202 g/mol. The monoisotopic (exact) mass is 213 g/mol. The van der Waals surface area contributed by atoms with Crippen LogP contribution in [0, 0.1) is 5.21 Å². The van der Waals surface area contributed by atoms with Gasteiger partial charge in [0.25, 0.3) is 0 Å². The molecule has 0 radical (unpaired) electrons. The fourth-order valence-electron chi connectivity index (χ4n) is 1.58. The highest BCUT2D eigenvalue weighted by Crippen LogP contribution is 2.19. The van der Waals surface area contributed by atoms with Crippen LogP contribution in [0.5, 0.6) is 0 Å². The van der Waals surface area contributed by atoms with Gasteiger partial charge in [-0.2, -0.15) is 4.73 Å². The van der Waals surface area contributed by atoms with E-state index in [1.807, 2.05) is 24.3 Å². The van der Waals surface area contributed by atoms with Crippen molar-refractivity contribution < 1.29 is 9.52 Å². The molecule has 0 atom stereocenters. The van der Waals surface area contributed by atoms with E-state index < -0.39 is 0 Å². The number of rotatable bonds is 3. The predicted octanol–water partition coefficient (Wildman–Crippen LogP) is 1.73. The lowest BCUT2D eigenvalue weighted by molar-refractivity contribution is -0.605. The quantitative estimate of drug-likeness (QED) is 0.442. The number of pyridine rings is 1. The van der Waals surface area contributed by atoms with Gasteiger partial charge in [-0.25, -0.2) is 0 Å². The molecule has 0 aliphatic heterocycles. The van der Waals surface area contributed by atoms with Gasteiger partial charge in [0.1, 0.15) is 6.29 Å². The van der Waals surface area contributed by atoms with Crippen LogP contribution in [0.3, 0.4) is 0 Å². The Morgan fingerprint density at radius 1 is 1.12 bits per heavy atom. The highest BCUT2D eigenvalue weighted by Gasteiger charge is 2.00. The van der Waals surface area contributed by atoms with Crippen LogP contribution in [0.25, 0.3) is 11.1 Å². The minimum Gasteiger partial charge on any atom is -0.619 e. The van der Waals surface area contributed by atoms with E-state index in [-0.39, 0.29) is 0 Å². The molecule has 0 saturated heterocycles. The van der Waals surface area contributed by atoms with Crippen LogP contribution in [0.2, 0.25) is 0 Å². The molecule has 0 spiro atoms. The molecule has 1 aromatic carbocycles. The van der Waals surface area contributed by atoms with Gasteiger partial charge < -0.3 is 10.0 Å². The summed E-state index contributed by atoms with van der Waals surface area (Å²) in [6, 6.07) is 11.2. The number of aldehydes is 1. The average Bonchev–Trinajstić information content (AvgIpc) is 2.31. The van der Waals surface area contributed by atoms with Crippen molar-refractivity contribution in [3.8, 4) is 11.1 Å². The molecule has 0 amide bonds. The third-order valence-corrected chi connectivity index (χ3v) is 2.38. The van der Waals surface area contributed by atoms with Crippen molar-refractivity contribution in [3.63, 3.8) is 0 Å². The van der Waals surface area contributed by atoms with Gasteiger partial charge in [-0.05, 0) is 16.7 Å². The second-order valence-electron chi connectivity index (χ2n) is 3.52. The summed E-state index contributed by atoms with van der Waals surface area (Å²) in [5, 5.41) is 10.9. The second kappa shape index (κ2) is 4.57. The van der Waals surface area contributed by atoms with Gasteiger partial charge in [0, 0.05) is 18.6 Å². The molecule has 0 N–H and O–H groups in total. The number of benzene rings is 1. The Balaban J connectivity index is 2.36. The predicted molar refractivity (Wildman–Crippen MR) is 60.6 cm³/mol. The van der Waals surface area contributed by atoms with Gasteiger partial charge in [-0.1, -0.05) is 24.3 Å². The summed E-state index contributed by atoms with van der Waals surface area (Å²) in [5.41, 5.74) is 2.96. The standard InChI is InChI=1S/C13H11NO2/c15-9-6-11-2-1-3-13(10-11)12-4-7-14(16)8-5-12/h1-5,7-10H,6H2. The molecule has 0 saturated carbocycles. The molecule has 80 valence electrons. The number of nitrogens with zero attached hydrogens (tertiary/aromatic N) is 1. The zero-order valence-corrected chi connectivity index (χ0v) is 8.67. The van der Waals surface area contributed by atoms with Gasteiger partial charge in [-0.15, -0.1) is 0 Å². The molecular formula is C13H11NO2. The van der Waals surface area contributed by atoms with Crippen molar-refractivity contribution in [3.05, 3.63) is 59.6 Å². The maximum absolute atomic E-state index is 10.9. The summed E-state index contributed by atoms with van der Waals surface area (Å²) in [7, 11) is 0. The fraction of sp³-hybridized carbons (Fsp3) is 0.0769. The van der Waals surface area contributed by atoms with Gasteiger partial charge in [0.2, 0.25) is 0 Å². The average molecular weight is 213 g/mol. The molecule has 16 heavy (non-hydrogen) atoms. The summed E-state index contributed by atoms with van der Waals surface area (Å²) in [5.74, 6) is 0. The molecule has 3 heteroatoms. The molecule has 1 heterocycles. The van der Waals surface area contributed by atoms with Crippen LogP contribution in [0.1, 0.15) is 5.56 Å². The first-order valence-corrected chi connectivity index (χ1v) is 5.01. The summed E-state index contributed by atoms with van der Waals surface area (Å²) < 4.78 is 0.749. The smallest absolute Gasteiger partial charge is 0.180 e. The summed E-state index contributed by atoms with van der Waals surface area (Å²) >= 11 is 0. The van der Waals surface area contributed by atoms with Gasteiger partial charge in [-0.3, -0.25) is 0 Å². The van der Waals surface area contributed by atoms with Crippen LogP contribution in [-0.4, -0.2) is 6.29 Å². The van der Waals surface area contributed by atoms with Crippen molar-refractivity contribution in [2.45, 2.75) is 6.42 Å². The molecule has 0 aliphatic carbocycles. The van der Waals surface area contributed by atoms with Crippen molar-refractivity contribution in [1.82, 2.24) is 0 Å². The summed E-state index contributed by atoms with van der Waals surface area (Å²) in [6.07, 6.45) is 4.22. The van der Waals surface area contributed by atoms with Crippen molar-refractivity contribution in [2.24, 2.45) is 0 Å². The second-order valence-corrected chi connectivity index (χ2v) is 3.52. The minimum absolute atomic E-state index is 0.419. The zero-order chi connectivity index (χ0) is 11.4. The topological polar surface area (TPSA) is 44.0 Å². The Hall–Kier alpha value is -2.16. The third-order valence-electron chi connectivity index (χ3n) is 2.38. The lowest BCUT2D eigenvalue weighted by Gasteiger charge is -2.03. The fourth-order valence-corrected chi connectivity index (χ4v) is 1.58. The van der Waals surface area contributed by atoms with Gasteiger partial charge >= 0.3 is 0 Å². The maximum Gasteiger partial charge on any atom is 0.180 e. The normalized spacial score (nSPS) is 10.0. The number of carbonyl (C=O) groups is 1. The summed E-state index contributed by atoms with van der Waals surface area (Å²) in [6.45, 7) is 0. The molecule has 2 rings (SSSR count). The zero-order valence-electron chi connectivity index (χ0n) is 8.67.